The van der Waals surface area contributed by atoms with Crippen LogP contribution in [0.25, 0.3) is 11.1 Å². The maximum atomic E-state index is 13.1. The molecule has 3 rings (SSSR count). The standard InChI is InChI=1S/C26H32N2O5/c1-16(2)24(25(31)27(4)17(3)14-23(29)30)28(5)26(32)33-15-22-20-12-8-6-10-18(20)19-11-7-9-13-21(19)22/h6-13,16-17,22,24H,14-15H2,1-5H3,(H,29,30)/t17-,24+/m1/s1. The first kappa shape index (κ1) is 24.3. The number of benzene rings is 2. The Hall–Kier alpha value is -3.35. The van der Waals surface area contributed by atoms with Gasteiger partial charge in [0.1, 0.15) is 12.6 Å². The minimum Gasteiger partial charge on any atom is -0.481 e. The van der Waals surface area contributed by atoms with Crippen molar-refractivity contribution >= 4 is 18.0 Å². The van der Waals surface area contributed by atoms with E-state index in [0.29, 0.717) is 0 Å². The Morgan fingerprint density at radius 3 is 1.91 bits per heavy atom. The number of carbonyl (C=O) groups is 3. The van der Waals surface area contributed by atoms with E-state index in [0.717, 1.165) is 22.3 Å². The second-order valence-corrected chi connectivity index (χ2v) is 9.00. The zero-order chi connectivity index (χ0) is 24.3. The van der Waals surface area contributed by atoms with Gasteiger partial charge < -0.3 is 14.7 Å². The SMILES string of the molecule is CC(C)[C@@H](C(=O)N(C)[C@H](C)CC(=O)O)N(C)C(=O)OCC1c2ccccc2-c2ccccc21. The molecule has 7 heteroatoms. The van der Waals surface area contributed by atoms with E-state index in [9.17, 15) is 14.4 Å². The lowest BCUT2D eigenvalue weighted by Crippen LogP contribution is -2.53. The number of carboxylic acid groups (broad SMARTS) is 1. The number of hydrogen-bond acceptors (Lipinski definition) is 4. The maximum Gasteiger partial charge on any atom is 0.410 e. The quantitative estimate of drug-likeness (QED) is 0.648. The molecule has 2 aromatic rings. The molecule has 176 valence electrons. The van der Waals surface area contributed by atoms with Crippen molar-refractivity contribution in [2.75, 3.05) is 20.7 Å². The van der Waals surface area contributed by atoms with Crippen LogP contribution in [0.2, 0.25) is 0 Å². The second-order valence-electron chi connectivity index (χ2n) is 9.00. The van der Waals surface area contributed by atoms with Crippen molar-refractivity contribution < 1.29 is 24.2 Å². The van der Waals surface area contributed by atoms with Crippen LogP contribution in [0, 0.1) is 5.92 Å². The topological polar surface area (TPSA) is 87.2 Å². The van der Waals surface area contributed by atoms with Crippen LogP contribution in [0.3, 0.4) is 0 Å². The summed E-state index contributed by atoms with van der Waals surface area (Å²) in [6.45, 7) is 5.55. The van der Waals surface area contributed by atoms with E-state index >= 15 is 0 Å². The van der Waals surface area contributed by atoms with Gasteiger partial charge in [-0.15, -0.1) is 0 Å². The van der Waals surface area contributed by atoms with Crippen molar-refractivity contribution in [1.82, 2.24) is 9.80 Å². The first-order valence-corrected chi connectivity index (χ1v) is 11.2. The fourth-order valence-corrected chi connectivity index (χ4v) is 4.52. The molecule has 7 nitrogen and oxygen atoms in total. The minimum atomic E-state index is -0.979. The smallest absolute Gasteiger partial charge is 0.410 e. The minimum absolute atomic E-state index is 0.0683. The number of nitrogens with zero attached hydrogens (tertiary/aromatic N) is 2. The average molecular weight is 453 g/mol. The zero-order valence-electron chi connectivity index (χ0n) is 19.8. The molecule has 1 aliphatic carbocycles. The highest BCUT2D eigenvalue weighted by Gasteiger charge is 2.35. The van der Waals surface area contributed by atoms with Crippen LogP contribution in [-0.2, 0) is 14.3 Å². The van der Waals surface area contributed by atoms with Gasteiger partial charge in [-0.1, -0.05) is 62.4 Å². The highest BCUT2D eigenvalue weighted by Crippen LogP contribution is 2.44. The van der Waals surface area contributed by atoms with Crippen molar-refractivity contribution in [1.29, 1.82) is 0 Å². The van der Waals surface area contributed by atoms with Gasteiger partial charge in [0.2, 0.25) is 5.91 Å². The van der Waals surface area contributed by atoms with Gasteiger partial charge in [-0.3, -0.25) is 14.5 Å². The number of carboxylic acids is 1. The van der Waals surface area contributed by atoms with Crippen LogP contribution in [0.15, 0.2) is 48.5 Å². The van der Waals surface area contributed by atoms with Crippen LogP contribution in [0.1, 0.15) is 44.2 Å². The summed E-state index contributed by atoms with van der Waals surface area (Å²) in [6, 6.07) is 15.0. The van der Waals surface area contributed by atoms with Gasteiger partial charge in [0.05, 0.1) is 6.42 Å². The highest BCUT2D eigenvalue weighted by atomic mass is 16.6. The first-order chi connectivity index (χ1) is 15.6. The molecule has 0 aliphatic heterocycles. The van der Waals surface area contributed by atoms with Gasteiger partial charge in [-0.2, -0.15) is 0 Å². The van der Waals surface area contributed by atoms with Crippen molar-refractivity contribution in [3.05, 3.63) is 59.7 Å². The van der Waals surface area contributed by atoms with Crippen LogP contribution >= 0.6 is 0 Å². The monoisotopic (exact) mass is 452 g/mol. The first-order valence-electron chi connectivity index (χ1n) is 11.2. The van der Waals surface area contributed by atoms with E-state index < -0.39 is 24.1 Å². The van der Waals surface area contributed by atoms with Crippen molar-refractivity contribution in [2.24, 2.45) is 5.92 Å². The Kier molecular flexibility index (Phi) is 7.41. The summed E-state index contributed by atoms with van der Waals surface area (Å²) < 4.78 is 5.71. The summed E-state index contributed by atoms with van der Waals surface area (Å²) in [5.41, 5.74) is 4.53. The number of ether oxygens (including phenoxy) is 1. The third kappa shape index (κ3) is 5.02. The van der Waals surface area contributed by atoms with Gasteiger partial charge in [-0.25, -0.2) is 4.79 Å². The van der Waals surface area contributed by atoms with Gasteiger partial charge in [0, 0.05) is 26.1 Å². The molecule has 0 bridgehead atoms. The van der Waals surface area contributed by atoms with E-state index in [2.05, 4.69) is 24.3 Å². The van der Waals surface area contributed by atoms with Crippen molar-refractivity contribution in [2.45, 2.75) is 45.2 Å². The number of carbonyl (C=O) groups excluding carboxylic acids is 2. The van der Waals surface area contributed by atoms with Crippen LogP contribution in [0.5, 0.6) is 0 Å². The lowest BCUT2D eigenvalue weighted by atomic mass is 9.98. The van der Waals surface area contributed by atoms with Gasteiger partial charge >= 0.3 is 12.1 Å². The predicted molar refractivity (Wildman–Crippen MR) is 126 cm³/mol. The highest BCUT2D eigenvalue weighted by molar-refractivity contribution is 5.86. The Morgan fingerprint density at radius 1 is 0.909 bits per heavy atom. The molecule has 2 aromatic carbocycles. The van der Waals surface area contributed by atoms with Gasteiger partial charge in [-0.05, 0) is 35.1 Å². The number of rotatable bonds is 8. The fraction of sp³-hybridized carbons (Fsp3) is 0.423. The molecule has 2 atom stereocenters. The Labute approximate surface area is 195 Å². The molecule has 0 unspecified atom stereocenters. The van der Waals surface area contributed by atoms with Crippen LogP contribution in [-0.4, -0.2) is 65.7 Å². The third-order valence-electron chi connectivity index (χ3n) is 6.40. The molecule has 2 amide bonds. The molecular weight excluding hydrogens is 420 g/mol. The summed E-state index contributed by atoms with van der Waals surface area (Å²) >= 11 is 0. The zero-order valence-corrected chi connectivity index (χ0v) is 19.8. The van der Waals surface area contributed by atoms with Crippen molar-refractivity contribution in [3.63, 3.8) is 0 Å². The molecule has 0 saturated carbocycles. The molecule has 1 aliphatic rings. The normalized spacial score (nSPS) is 14.2. The molecule has 0 radical (unpaired) electrons. The largest absolute Gasteiger partial charge is 0.481 e. The molecule has 0 aromatic heterocycles. The summed E-state index contributed by atoms with van der Waals surface area (Å²) in [6.07, 6.45) is -0.745. The van der Waals surface area contributed by atoms with E-state index in [-0.39, 0.29) is 30.8 Å². The summed E-state index contributed by atoms with van der Waals surface area (Å²) in [5, 5.41) is 9.05. The van der Waals surface area contributed by atoms with Crippen LogP contribution < -0.4 is 0 Å². The molecule has 0 spiro atoms. The summed E-state index contributed by atoms with van der Waals surface area (Å²) in [7, 11) is 3.12. The van der Waals surface area contributed by atoms with Crippen molar-refractivity contribution in [3.8, 4) is 11.1 Å². The predicted octanol–water partition coefficient (Wildman–Crippen LogP) is 4.21. The molecule has 33 heavy (non-hydrogen) atoms. The molecule has 0 fully saturated rings. The molecular formula is C26H32N2O5. The second kappa shape index (κ2) is 10.1. The molecule has 0 heterocycles. The Bertz CT molecular complexity index is 989. The number of likely N-dealkylation sites (N-methyl/N-ethyl adjacent to an activating group) is 2. The lowest BCUT2D eigenvalue weighted by molar-refractivity contribution is -0.142. The number of hydrogen-bond donors (Lipinski definition) is 1. The van der Waals surface area contributed by atoms with E-state index in [1.807, 2.05) is 38.1 Å². The average Bonchev–Trinajstić information content (AvgIpc) is 3.10. The van der Waals surface area contributed by atoms with Gasteiger partial charge in [0.25, 0.3) is 0 Å². The Balaban J connectivity index is 1.73. The summed E-state index contributed by atoms with van der Waals surface area (Å²) in [5.74, 6) is -1.54. The van der Waals surface area contributed by atoms with Gasteiger partial charge in [0.15, 0.2) is 0 Å². The third-order valence-corrected chi connectivity index (χ3v) is 6.40. The number of fused-ring (bicyclic) bond motifs is 3. The fourth-order valence-electron chi connectivity index (χ4n) is 4.52. The number of aliphatic carboxylic acids is 1. The maximum absolute atomic E-state index is 13.1. The van der Waals surface area contributed by atoms with Crippen LogP contribution in [0.4, 0.5) is 4.79 Å². The Morgan fingerprint density at radius 2 is 1.42 bits per heavy atom. The molecule has 0 saturated heterocycles. The summed E-state index contributed by atoms with van der Waals surface area (Å²) in [4.78, 5) is 39.9. The van der Waals surface area contributed by atoms with E-state index in [4.69, 9.17) is 9.84 Å². The van der Waals surface area contributed by atoms with E-state index in [1.165, 1.54) is 9.80 Å². The number of amides is 2. The molecule has 1 N–H and O–H groups in total. The lowest BCUT2D eigenvalue weighted by Gasteiger charge is -2.35. The van der Waals surface area contributed by atoms with E-state index in [1.54, 1.807) is 21.0 Å².